The SMILES string of the molecule is Cc1ccc(OCC2Cc3ccccc3S2)c(CN)n1. The number of thioether (sulfide) groups is 1. The first-order chi connectivity index (χ1) is 9.76. The average molecular weight is 286 g/mol. The molecule has 1 aromatic carbocycles. The molecule has 2 N–H and O–H groups in total. The van der Waals surface area contributed by atoms with E-state index in [0.717, 1.165) is 23.6 Å². The van der Waals surface area contributed by atoms with Crippen molar-refractivity contribution in [3.8, 4) is 5.75 Å². The first-order valence-corrected chi connectivity index (χ1v) is 7.68. The maximum Gasteiger partial charge on any atom is 0.142 e. The minimum atomic E-state index is 0.412. The molecular formula is C16H18N2OS. The zero-order valence-electron chi connectivity index (χ0n) is 11.5. The van der Waals surface area contributed by atoms with Gasteiger partial charge in [0.05, 0.1) is 5.69 Å². The van der Waals surface area contributed by atoms with Gasteiger partial charge in [0.2, 0.25) is 0 Å². The van der Waals surface area contributed by atoms with Crippen molar-refractivity contribution in [3.63, 3.8) is 0 Å². The molecule has 20 heavy (non-hydrogen) atoms. The van der Waals surface area contributed by atoms with Crippen molar-refractivity contribution in [3.05, 3.63) is 53.3 Å². The fraction of sp³-hybridized carbons (Fsp3) is 0.312. The molecule has 0 aliphatic carbocycles. The fourth-order valence-electron chi connectivity index (χ4n) is 2.40. The second-order valence-corrected chi connectivity index (χ2v) is 6.31. The minimum absolute atomic E-state index is 0.412. The van der Waals surface area contributed by atoms with E-state index in [0.29, 0.717) is 18.4 Å². The van der Waals surface area contributed by atoms with Crippen LogP contribution in [0.3, 0.4) is 0 Å². The summed E-state index contributed by atoms with van der Waals surface area (Å²) in [4.78, 5) is 5.80. The molecule has 0 spiro atoms. The fourth-order valence-corrected chi connectivity index (χ4v) is 3.62. The number of nitrogens with zero attached hydrogens (tertiary/aromatic N) is 1. The number of rotatable bonds is 4. The molecule has 1 aliphatic rings. The Bertz CT molecular complexity index is 590. The monoisotopic (exact) mass is 286 g/mol. The van der Waals surface area contributed by atoms with Crippen LogP contribution < -0.4 is 10.5 Å². The van der Waals surface area contributed by atoms with E-state index in [-0.39, 0.29) is 0 Å². The van der Waals surface area contributed by atoms with E-state index in [2.05, 4.69) is 29.2 Å². The third-order valence-corrected chi connectivity index (χ3v) is 4.69. The third kappa shape index (κ3) is 2.81. The number of pyridine rings is 1. The lowest BCUT2D eigenvalue weighted by molar-refractivity contribution is 0.312. The maximum atomic E-state index is 5.93. The van der Waals surface area contributed by atoms with E-state index in [9.17, 15) is 0 Å². The van der Waals surface area contributed by atoms with Gasteiger partial charge >= 0.3 is 0 Å². The Hall–Kier alpha value is -1.52. The lowest BCUT2D eigenvalue weighted by atomic mass is 10.1. The summed E-state index contributed by atoms with van der Waals surface area (Å²) in [7, 11) is 0. The molecule has 104 valence electrons. The molecule has 4 heteroatoms. The first kappa shape index (κ1) is 13.5. The van der Waals surface area contributed by atoms with Crippen molar-refractivity contribution >= 4 is 11.8 Å². The van der Waals surface area contributed by atoms with Crippen LogP contribution in [0.15, 0.2) is 41.3 Å². The highest BCUT2D eigenvalue weighted by molar-refractivity contribution is 8.00. The molecule has 0 bridgehead atoms. The van der Waals surface area contributed by atoms with Gasteiger partial charge in [0, 0.05) is 22.4 Å². The summed E-state index contributed by atoms with van der Waals surface area (Å²) >= 11 is 1.90. The Morgan fingerprint density at radius 3 is 2.95 bits per heavy atom. The Morgan fingerprint density at radius 1 is 1.30 bits per heavy atom. The smallest absolute Gasteiger partial charge is 0.142 e. The van der Waals surface area contributed by atoms with Gasteiger partial charge in [-0.05, 0) is 37.1 Å². The van der Waals surface area contributed by atoms with Crippen LogP contribution in [0.2, 0.25) is 0 Å². The second kappa shape index (κ2) is 5.85. The van der Waals surface area contributed by atoms with Crippen molar-refractivity contribution in [2.45, 2.75) is 30.0 Å². The lowest BCUT2D eigenvalue weighted by Gasteiger charge is -2.13. The number of hydrogen-bond donors (Lipinski definition) is 1. The number of hydrogen-bond acceptors (Lipinski definition) is 4. The van der Waals surface area contributed by atoms with Gasteiger partial charge in [0.1, 0.15) is 12.4 Å². The van der Waals surface area contributed by atoms with Crippen LogP contribution in [0.25, 0.3) is 0 Å². The van der Waals surface area contributed by atoms with Crippen LogP contribution in [-0.2, 0) is 13.0 Å². The Labute approximate surface area is 123 Å². The summed E-state index contributed by atoms with van der Waals surface area (Å²) in [5.41, 5.74) is 8.96. The van der Waals surface area contributed by atoms with Crippen molar-refractivity contribution in [2.24, 2.45) is 5.73 Å². The molecular weight excluding hydrogens is 268 g/mol. The van der Waals surface area contributed by atoms with Gasteiger partial charge in [-0.25, -0.2) is 0 Å². The standard InChI is InChI=1S/C16H18N2OS/c1-11-6-7-15(14(9-17)18-11)19-10-13-8-12-4-2-3-5-16(12)20-13/h2-7,13H,8-10,17H2,1H3. The quantitative estimate of drug-likeness (QED) is 0.939. The summed E-state index contributed by atoms with van der Waals surface area (Å²) < 4.78 is 5.93. The number of benzene rings is 1. The molecule has 1 aliphatic heterocycles. The molecule has 0 fully saturated rings. The van der Waals surface area contributed by atoms with Crippen molar-refractivity contribution < 1.29 is 4.74 Å². The zero-order chi connectivity index (χ0) is 13.9. The van der Waals surface area contributed by atoms with E-state index >= 15 is 0 Å². The Balaban J connectivity index is 1.64. The second-order valence-electron chi connectivity index (χ2n) is 4.96. The predicted molar refractivity (Wildman–Crippen MR) is 82.2 cm³/mol. The molecule has 0 saturated carbocycles. The highest BCUT2D eigenvalue weighted by Gasteiger charge is 2.22. The van der Waals surface area contributed by atoms with Gasteiger partial charge in [-0.15, -0.1) is 11.8 Å². The molecule has 2 aromatic rings. The van der Waals surface area contributed by atoms with Crippen LogP contribution in [0, 0.1) is 6.92 Å². The van der Waals surface area contributed by atoms with Gasteiger partial charge in [-0.2, -0.15) is 0 Å². The predicted octanol–water partition coefficient (Wildman–Crippen LogP) is 2.94. The Kier molecular flexibility index (Phi) is 3.94. The van der Waals surface area contributed by atoms with Crippen LogP contribution >= 0.6 is 11.8 Å². The largest absolute Gasteiger partial charge is 0.490 e. The van der Waals surface area contributed by atoms with Gasteiger partial charge in [0.15, 0.2) is 0 Å². The van der Waals surface area contributed by atoms with Gasteiger partial charge in [0.25, 0.3) is 0 Å². The third-order valence-electron chi connectivity index (χ3n) is 3.40. The summed E-state index contributed by atoms with van der Waals surface area (Å²) in [5.74, 6) is 0.814. The highest BCUT2D eigenvalue weighted by Crippen LogP contribution is 2.37. The van der Waals surface area contributed by atoms with Crippen LogP contribution in [-0.4, -0.2) is 16.8 Å². The number of ether oxygens (including phenoxy) is 1. The summed E-state index contributed by atoms with van der Waals surface area (Å²) in [6, 6.07) is 12.5. The van der Waals surface area contributed by atoms with Crippen molar-refractivity contribution in [2.75, 3.05) is 6.61 Å². The molecule has 3 nitrogen and oxygen atoms in total. The summed E-state index contributed by atoms with van der Waals surface area (Å²) in [5, 5.41) is 0.472. The number of aromatic nitrogens is 1. The van der Waals surface area contributed by atoms with Crippen molar-refractivity contribution in [1.29, 1.82) is 0 Å². The molecule has 1 atom stereocenters. The zero-order valence-corrected chi connectivity index (χ0v) is 12.3. The average Bonchev–Trinajstić information content (AvgIpc) is 2.88. The molecule has 3 rings (SSSR count). The van der Waals surface area contributed by atoms with E-state index in [1.165, 1.54) is 10.5 Å². The van der Waals surface area contributed by atoms with Crippen LogP contribution in [0.4, 0.5) is 0 Å². The molecule has 2 heterocycles. The van der Waals surface area contributed by atoms with E-state index in [1.54, 1.807) is 0 Å². The van der Waals surface area contributed by atoms with E-state index < -0.39 is 0 Å². The van der Waals surface area contributed by atoms with E-state index in [4.69, 9.17) is 10.5 Å². The minimum Gasteiger partial charge on any atom is -0.490 e. The molecule has 1 aromatic heterocycles. The van der Waals surface area contributed by atoms with Crippen LogP contribution in [0.1, 0.15) is 17.0 Å². The first-order valence-electron chi connectivity index (χ1n) is 6.80. The van der Waals surface area contributed by atoms with Crippen molar-refractivity contribution in [1.82, 2.24) is 4.98 Å². The molecule has 0 radical (unpaired) electrons. The maximum absolute atomic E-state index is 5.93. The normalized spacial score (nSPS) is 17.0. The Morgan fingerprint density at radius 2 is 2.15 bits per heavy atom. The highest BCUT2D eigenvalue weighted by atomic mass is 32.2. The lowest BCUT2D eigenvalue weighted by Crippen LogP contribution is -2.15. The molecule has 1 unspecified atom stereocenters. The number of nitrogens with two attached hydrogens (primary N) is 1. The topological polar surface area (TPSA) is 48.1 Å². The van der Waals surface area contributed by atoms with Gasteiger partial charge < -0.3 is 10.5 Å². The van der Waals surface area contributed by atoms with E-state index in [1.807, 2.05) is 30.8 Å². The molecule has 0 amide bonds. The number of aryl methyl sites for hydroxylation is 1. The van der Waals surface area contributed by atoms with Crippen LogP contribution in [0.5, 0.6) is 5.75 Å². The summed E-state index contributed by atoms with van der Waals surface area (Å²) in [6.07, 6.45) is 1.07. The molecule has 0 saturated heterocycles. The van der Waals surface area contributed by atoms with Gasteiger partial charge in [-0.1, -0.05) is 18.2 Å². The van der Waals surface area contributed by atoms with Gasteiger partial charge in [-0.3, -0.25) is 4.98 Å². The number of fused-ring (bicyclic) bond motifs is 1. The summed E-state index contributed by atoms with van der Waals surface area (Å²) in [6.45, 7) is 3.07.